The first kappa shape index (κ1) is 15.3. The van der Waals surface area contributed by atoms with Gasteiger partial charge in [0.1, 0.15) is 4.90 Å². The zero-order chi connectivity index (χ0) is 15.1. The Kier molecular flexibility index (Phi) is 4.05. The highest BCUT2D eigenvalue weighted by molar-refractivity contribution is 9.10. The number of sulfonamides is 1. The zero-order valence-electron chi connectivity index (χ0n) is 12.0. The third-order valence-corrected chi connectivity index (χ3v) is 7.50. The number of anilines is 1. The Hall–Kier alpha value is -0.590. The lowest BCUT2D eigenvalue weighted by Crippen LogP contribution is -2.42. The number of halogens is 1. The van der Waals surface area contributed by atoms with E-state index in [4.69, 9.17) is 5.73 Å². The second kappa shape index (κ2) is 5.56. The molecule has 2 aliphatic rings. The fraction of sp³-hybridized carbons (Fsp3) is 0.600. The molecule has 1 aliphatic heterocycles. The summed E-state index contributed by atoms with van der Waals surface area (Å²) in [7, 11) is -3.47. The number of nitrogen functional groups attached to an aromatic ring is 1. The minimum absolute atomic E-state index is 0.230. The third-order valence-electron chi connectivity index (χ3n) is 5.04. The zero-order valence-corrected chi connectivity index (χ0v) is 14.4. The fourth-order valence-electron chi connectivity index (χ4n) is 3.72. The number of rotatable bonds is 2. The van der Waals surface area contributed by atoms with Crippen LogP contribution in [0.15, 0.2) is 27.6 Å². The summed E-state index contributed by atoms with van der Waals surface area (Å²) in [5.41, 5.74) is 6.62. The quantitative estimate of drug-likeness (QED) is 0.809. The van der Waals surface area contributed by atoms with E-state index in [1.807, 2.05) is 0 Å². The molecule has 1 aromatic rings. The molecule has 0 radical (unpaired) electrons. The molecule has 0 amide bonds. The molecule has 21 heavy (non-hydrogen) atoms. The van der Waals surface area contributed by atoms with Gasteiger partial charge in [0.25, 0.3) is 0 Å². The van der Waals surface area contributed by atoms with Gasteiger partial charge in [-0.3, -0.25) is 0 Å². The first-order valence-corrected chi connectivity index (χ1v) is 9.72. The van der Waals surface area contributed by atoms with Crippen molar-refractivity contribution in [2.75, 3.05) is 18.8 Å². The lowest BCUT2D eigenvalue weighted by atomic mass is 9.78. The molecule has 2 fully saturated rings. The van der Waals surface area contributed by atoms with E-state index >= 15 is 0 Å². The molecule has 1 saturated heterocycles. The van der Waals surface area contributed by atoms with Gasteiger partial charge in [0, 0.05) is 17.6 Å². The van der Waals surface area contributed by atoms with Crippen molar-refractivity contribution in [2.45, 2.75) is 43.4 Å². The van der Waals surface area contributed by atoms with Crippen LogP contribution in [0.5, 0.6) is 0 Å². The molecule has 0 bridgehead atoms. The van der Waals surface area contributed by atoms with Crippen molar-refractivity contribution in [3.63, 3.8) is 0 Å². The Balaban J connectivity index is 1.80. The highest BCUT2D eigenvalue weighted by atomic mass is 79.9. The predicted octanol–water partition coefficient (Wildman–Crippen LogP) is 3.38. The van der Waals surface area contributed by atoms with Crippen LogP contribution in [0.1, 0.15) is 38.5 Å². The molecule has 1 spiro atoms. The van der Waals surface area contributed by atoms with E-state index in [2.05, 4.69) is 15.9 Å². The molecule has 4 nitrogen and oxygen atoms in total. The van der Waals surface area contributed by atoms with Crippen LogP contribution in [-0.4, -0.2) is 25.8 Å². The Morgan fingerprint density at radius 2 is 1.71 bits per heavy atom. The predicted molar refractivity (Wildman–Crippen MR) is 87.4 cm³/mol. The monoisotopic (exact) mass is 372 g/mol. The molecule has 1 aliphatic carbocycles. The maximum Gasteiger partial charge on any atom is 0.245 e. The molecule has 0 unspecified atom stereocenters. The Bertz CT molecular complexity index is 629. The van der Waals surface area contributed by atoms with Gasteiger partial charge in [0.2, 0.25) is 10.0 Å². The molecule has 0 atom stereocenters. The normalized spacial score (nSPS) is 22.7. The van der Waals surface area contributed by atoms with Crippen molar-refractivity contribution in [1.29, 1.82) is 0 Å². The lowest BCUT2D eigenvalue weighted by molar-refractivity contribution is 0.160. The summed E-state index contributed by atoms with van der Waals surface area (Å²) >= 11 is 3.31. The summed E-state index contributed by atoms with van der Waals surface area (Å²) in [6.07, 6.45) is 7.10. The summed E-state index contributed by atoms with van der Waals surface area (Å²) in [4.78, 5) is 0.230. The van der Waals surface area contributed by atoms with Crippen molar-refractivity contribution < 1.29 is 8.42 Å². The summed E-state index contributed by atoms with van der Waals surface area (Å²) in [6, 6.07) is 4.97. The minimum Gasteiger partial charge on any atom is -0.398 e. The Labute approximate surface area is 134 Å². The number of nitrogens with zero attached hydrogens (tertiary/aromatic N) is 1. The number of nitrogens with two attached hydrogens (primary N) is 1. The molecule has 3 rings (SSSR count). The fourth-order valence-corrected chi connectivity index (χ4v) is 5.64. The van der Waals surface area contributed by atoms with E-state index in [0.717, 1.165) is 17.3 Å². The maximum absolute atomic E-state index is 12.8. The van der Waals surface area contributed by atoms with E-state index in [0.29, 0.717) is 24.2 Å². The number of benzene rings is 1. The number of hydrogen-bond donors (Lipinski definition) is 1. The van der Waals surface area contributed by atoms with E-state index < -0.39 is 10.0 Å². The second-order valence-corrected chi connectivity index (χ2v) is 9.12. The number of hydrogen-bond acceptors (Lipinski definition) is 3. The second-order valence-electron chi connectivity index (χ2n) is 6.29. The first-order valence-electron chi connectivity index (χ1n) is 7.48. The van der Waals surface area contributed by atoms with Crippen molar-refractivity contribution in [3.8, 4) is 0 Å². The van der Waals surface area contributed by atoms with Crippen molar-refractivity contribution in [2.24, 2.45) is 5.41 Å². The smallest absolute Gasteiger partial charge is 0.245 e. The van der Waals surface area contributed by atoms with Crippen molar-refractivity contribution >= 4 is 31.6 Å². The standard InChI is InChI=1S/C15H21BrN2O2S/c16-12-3-4-14(13(17)11-12)21(19,20)18-9-7-15(8-10-18)5-1-2-6-15/h3-4,11H,1-2,5-10,17H2. The first-order chi connectivity index (χ1) is 9.93. The van der Waals surface area contributed by atoms with Crippen LogP contribution in [0.2, 0.25) is 0 Å². The molecule has 1 aromatic carbocycles. The van der Waals surface area contributed by atoms with Gasteiger partial charge >= 0.3 is 0 Å². The van der Waals surface area contributed by atoms with E-state index in [-0.39, 0.29) is 4.90 Å². The van der Waals surface area contributed by atoms with Crippen LogP contribution < -0.4 is 5.73 Å². The molecule has 1 saturated carbocycles. The summed E-state index contributed by atoms with van der Waals surface area (Å²) in [5, 5.41) is 0. The highest BCUT2D eigenvalue weighted by Gasteiger charge is 2.40. The average molecular weight is 373 g/mol. The molecule has 116 valence electrons. The van der Waals surface area contributed by atoms with Crippen LogP contribution >= 0.6 is 15.9 Å². The van der Waals surface area contributed by atoms with Gasteiger partial charge in [0.15, 0.2) is 0 Å². The largest absolute Gasteiger partial charge is 0.398 e. The Morgan fingerprint density at radius 1 is 1.10 bits per heavy atom. The lowest BCUT2D eigenvalue weighted by Gasteiger charge is -2.38. The number of piperidine rings is 1. The van der Waals surface area contributed by atoms with Gasteiger partial charge in [0.05, 0.1) is 5.69 Å². The highest BCUT2D eigenvalue weighted by Crippen LogP contribution is 2.46. The average Bonchev–Trinajstić information content (AvgIpc) is 2.87. The minimum atomic E-state index is -3.47. The van der Waals surface area contributed by atoms with Crippen LogP contribution in [0.4, 0.5) is 5.69 Å². The third kappa shape index (κ3) is 2.85. The van der Waals surface area contributed by atoms with Crippen LogP contribution in [0, 0.1) is 5.41 Å². The van der Waals surface area contributed by atoms with Crippen molar-refractivity contribution in [3.05, 3.63) is 22.7 Å². The van der Waals surface area contributed by atoms with Gasteiger partial charge in [-0.15, -0.1) is 0 Å². The van der Waals surface area contributed by atoms with Gasteiger partial charge in [-0.1, -0.05) is 28.8 Å². The van der Waals surface area contributed by atoms with Crippen molar-refractivity contribution in [1.82, 2.24) is 4.31 Å². The topological polar surface area (TPSA) is 63.4 Å². The molecular formula is C15H21BrN2O2S. The van der Waals surface area contributed by atoms with E-state index in [9.17, 15) is 8.42 Å². The Morgan fingerprint density at radius 3 is 2.29 bits per heavy atom. The molecular weight excluding hydrogens is 352 g/mol. The van der Waals surface area contributed by atoms with Gasteiger partial charge in [-0.2, -0.15) is 4.31 Å². The SMILES string of the molecule is Nc1cc(Br)ccc1S(=O)(=O)N1CCC2(CCCC2)CC1. The summed E-state index contributed by atoms with van der Waals surface area (Å²) < 4.78 is 27.9. The maximum atomic E-state index is 12.8. The van der Waals surface area contributed by atoms with Crippen LogP contribution in [-0.2, 0) is 10.0 Å². The molecule has 1 heterocycles. The summed E-state index contributed by atoms with van der Waals surface area (Å²) in [5.74, 6) is 0. The van der Waals surface area contributed by atoms with Gasteiger partial charge in [-0.05, 0) is 49.3 Å². The van der Waals surface area contributed by atoms with Crippen LogP contribution in [0.25, 0.3) is 0 Å². The van der Waals surface area contributed by atoms with Gasteiger partial charge in [-0.25, -0.2) is 8.42 Å². The van der Waals surface area contributed by atoms with Crippen LogP contribution in [0.3, 0.4) is 0 Å². The molecule has 6 heteroatoms. The van der Waals surface area contributed by atoms with E-state index in [1.54, 1.807) is 22.5 Å². The van der Waals surface area contributed by atoms with E-state index in [1.165, 1.54) is 25.7 Å². The summed E-state index contributed by atoms with van der Waals surface area (Å²) in [6.45, 7) is 1.25. The van der Waals surface area contributed by atoms with Gasteiger partial charge < -0.3 is 5.73 Å². The molecule has 0 aromatic heterocycles. The molecule has 2 N–H and O–H groups in total.